The van der Waals surface area contributed by atoms with Crippen molar-refractivity contribution >= 4 is 5.97 Å². The minimum Gasteiger partial charge on any atom is -0.480 e. The molecule has 0 bridgehead atoms. The van der Waals surface area contributed by atoms with E-state index in [1.807, 2.05) is 12.1 Å². The molecule has 7 nitrogen and oxygen atoms in total. The Hall–Kier alpha value is -2.57. The lowest BCUT2D eigenvalue weighted by molar-refractivity contribution is -0.138. The number of rotatable bonds is 6. The van der Waals surface area contributed by atoms with Gasteiger partial charge in [-0.2, -0.15) is 10.1 Å². The van der Waals surface area contributed by atoms with Gasteiger partial charge in [0.2, 0.25) is 0 Å². The summed E-state index contributed by atoms with van der Waals surface area (Å²) < 4.78 is 1.29. The SMILES string of the molecule is CCc1nn(CC(=O)O)c(CCc2cccnc2)nc1=O. The molecule has 0 fully saturated rings. The van der Waals surface area contributed by atoms with Crippen LogP contribution in [0, 0.1) is 0 Å². The second kappa shape index (κ2) is 6.74. The fourth-order valence-corrected chi connectivity index (χ4v) is 1.95. The predicted molar refractivity (Wildman–Crippen MR) is 75.0 cm³/mol. The van der Waals surface area contributed by atoms with Crippen LogP contribution < -0.4 is 5.56 Å². The van der Waals surface area contributed by atoms with E-state index in [0.29, 0.717) is 25.1 Å². The molecule has 2 aromatic heterocycles. The monoisotopic (exact) mass is 288 g/mol. The molecule has 110 valence electrons. The van der Waals surface area contributed by atoms with E-state index in [1.54, 1.807) is 19.3 Å². The van der Waals surface area contributed by atoms with Crippen molar-refractivity contribution in [3.05, 3.63) is 52.0 Å². The van der Waals surface area contributed by atoms with Gasteiger partial charge in [0.15, 0.2) is 0 Å². The highest BCUT2D eigenvalue weighted by Gasteiger charge is 2.12. The largest absolute Gasteiger partial charge is 0.480 e. The number of carboxylic acid groups (broad SMARTS) is 1. The van der Waals surface area contributed by atoms with Gasteiger partial charge in [0.1, 0.15) is 18.1 Å². The predicted octanol–water partition coefficient (Wildman–Crippen LogP) is 0.466. The van der Waals surface area contributed by atoms with Crippen LogP contribution in [0.4, 0.5) is 0 Å². The summed E-state index contributed by atoms with van der Waals surface area (Å²) in [7, 11) is 0. The summed E-state index contributed by atoms with van der Waals surface area (Å²) in [4.78, 5) is 30.7. The second-order valence-corrected chi connectivity index (χ2v) is 4.55. The van der Waals surface area contributed by atoms with Gasteiger partial charge in [-0.1, -0.05) is 13.0 Å². The Balaban J connectivity index is 2.26. The number of carboxylic acids is 1. The average molecular weight is 288 g/mol. The number of nitrogens with zero attached hydrogens (tertiary/aromatic N) is 4. The van der Waals surface area contributed by atoms with Crippen LogP contribution in [0.15, 0.2) is 29.3 Å². The van der Waals surface area contributed by atoms with Gasteiger partial charge >= 0.3 is 5.97 Å². The van der Waals surface area contributed by atoms with Crippen molar-refractivity contribution < 1.29 is 9.90 Å². The summed E-state index contributed by atoms with van der Waals surface area (Å²) in [6.45, 7) is 1.48. The third-order valence-corrected chi connectivity index (χ3v) is 3.00. The molecular weight excluding hydrogens is 272 g/mol. The summed E-state index contributed by atoms with van der Waals surface area (Å²) in [5.41, 5.74) is 0.884. The second-order valence-electron chi connectivity index (χ2n) is 4.55. The van der Waals surface area contributed by atoms with Gasteiger partial charge < -0.3 is 5.11 Å². The first-order valence-electron chi connectivity index (χ1n) is 6.67. The molecule has 1 N–H and O–H groups in total. The fourth-order valence-electron chi connectivity index (χ4n) is 1.95. The number of pyridine rings is 1. The highest BCUT2D eigenvalue weighted by Crippen LogP contribution is 2.03. The average Bonchev–Trinajstić information content (AvgIpc) is 2.47. The molecule has 0 saturated heterocycles. The lowest BCUT2D eigenvalue weighted by Crippen LogP contribution is -2.27. The molecule has 0 aliphatic carbocycles. The third-order valence-electron chi connectivity index (χ3n) is 3.00. The van der Waals surface area contributed by atoms with Crippen molar-refractivity contribution in [3.8, 4) is 0 Å². The number of hydrogen-bond donors (Lipinski definition) is 1. The Labute approximate surface area is 121 Å². The van der Waals surface area contributed by atoms with E-state index >= 15 is 0 Å². The van der Waals surface area contributed by atoms with Crippen molar-refractivity contribution in [2.45, 2.75) is 32.7 Å². The van der Waals surface area contributed by atoms with E-state index in [2.05, 4.69) is 15.1 Å². The van der Waals surface area contributed by atoms with E-state index in [9.17, 15) is 9.59 Å². The smallest absolute Gasteiger partial charge is 0.325 e. The van der Waals surface area contributed by atoms with Crippen molar-refractivity contribution in [2.24, 2.45) is 0 Å². The molecule has 7 heteroatoms. The van der Waals surface area contributed by atoms with Crippen molar-refractivity contribution in [1.29, 1.82) is 0 Å². The quantitative estimate of drug-likeness (QED) is 0.829. The molecular formula is C14H16N4O3. The molecule has 0 radical (unpaired) electrons. The molecule has 0 saturated carbocycles. The van der Waals surface area contributed by atoms with Crippen LogP contribution in [0.5, 0.6) is 0 Å². The van der Waals surface area contributed by atoms with Crippen LogP contribution in [-0.4, -0.2) is 30.8 Å². The van der Waals surface area contributed by atoms with E-state index < -0.39 is 5.97 Å². The van der Waals surface area contributed by atoms with Crippen LogP contribution in [0.2, 0.25) is 0 Å². The maximum Gasteiger partial charge on any atom is 0.325 e. The Morgan fingerprint density at radius 3 is 2.81 bits per heavy atom. The highest BCUT2D eigenvalue weighted by molar-refractivity contribution is 5.66. The summed E-state index contributed by atoms with van der Waals surface area (Å²) in [5.74, 6) is -0.638. The fraction of sp³-hybridized carbons (Fsp3) is 0.357. The van der Waals surface area contributed by atoms with Crippen LogP contribution in [0.25, 0.3) is 0 Å². The van der Waals surface area contributed by atoms with Gasteiger partial charge in [-0.3, -0.25) is 14.6 Å². The molecule has 21 heavy (non-hydrogen) atoms. The molecule has 0 amide bonds. The molecule has 0 unspecified atom stereocenters. The summed E-state index contributed by atoms with van der Waals surface area (Å²) in [6, 6.07) is 3.74. The lowest BCUT2D eigenvalue weighted by Gasteiger charge is -2.10. The van der Waals surface area contributed by atoms with Gasteiger partial charge in [-0.25, -0.2) is 4.68 Å². The standard InChI is InChI=1S/C14H16N4O3/c1-2-11-14(21)16-12(18(17-11)9-13(19)20)6-5-10-4-3-7-15-8-10/h3-4,7-8H,2,5-6,9H2,1H3,(H,19,20). The Morgan fingerprint density at radius 1 is 1.38 bits per heavy atom. The minimum absolute atomic E-state index is 0.279. The Kier molecular flexibility index (Phi) is 4.76. The van der Waals surface area contributed by atoms with E-state index in [-0.39, 0.29) is 17.8 Å². The van der Waals surface area contributed by atoms with Crippen molar-refractivity contribution in [2.75, 3.05) is 0 Å². The molecule has 2 rings (SSSR count). The number of carbonyl (C=O) groups is 1. The molecule has 0 aliphatic heterocycles. The number of aryl methyl sites for hydroxylation is 3. The van der Waals surface area contributed by atoms with Gasteiger partial charge in [0, 0.05) is 18.8 Å². The first kappa shape index (κ1) is 14.8. The molecule has 0 atom stereocenters. The van der Waals surface area contributed by atoms with E-state index in [0.717, 1.165) is 5.56 Å². The summed E-state index contributed by atoms with van der Waals surface area (Å²) in [5, 5.41) is 13.0. The molecule has 2 heterocycles. The van der Waals surface area contributed by atoms with Gasteiger partial charge in [0.25, 0.3) is 5.56 Å². The van der Waals surface area contributed by atoms with Crippen LogP contribution in [-0.2, 0) is 30.6 Å². The zero-order chi connectivity index (χ0) is 15.2. The maximum absolute atomic E-state index is 11.8. The summed E-state index contributed by atoms with van der Waals surface area (Å²) >= 11 is 0. The first-order chi connectivity index (χ1) is 10.1. The number of hydrogen-bond acceptors (Lipinski definition) is 5. The Morgan fingerprint density at radius 2 is 2.19 bits per heavy atom. The topological polar surface area (TPSA) is 98.0 Å². The Bertz CT molecular complexity index is 682. The van der Waals surface area contributed by atoms with Crippen molar-refractivity contribution in [3.63, 3.8) is 0 Å². The third kappa shape index (κ3) is 3.95. The van der Waals surface area contributed by atoms with Crippen LogP contribution in [0.3, 0.4) is 0 Å². The molecule has 0 aliphatic rings. The normalized spacial score (nSPS) is 10.5. The molecule has 2 aromatic rings. The van der Waals surface area contributed by atoms with E-state index in [1.165, 1.54) is 4.68 Å². The number of aliphatic carboxylic acids is 1. The van der Waals surface area contributed by atoms with Crippen LogP contribution >= 0.6 is 0 Å². The minimum atomic E-state index is -1.02. The van der Waals surface area contributed by atoms with Gasteiger partial charge in [0.05, 0.1) is 0 Å². The number of aromatic nitrogens is 4. The zero-order valence-electron chi connectivity index (χ0n) is 11.7. The van der Waals surface area contributed by atoms with Gasteiger partial charge in [-0.15, -0.1) is 0 Å². The van der Waals surface area contributed by atoms with Crippen LogP contribution in [0.1, 0.15) is 24.0 Å². The maximum atomic E-state index is 11.8. The van der Waals surface area contributed by atoms with Crippen molar-refractivity contribution in [1.82, 2.24) is 19.7 Å². The zero-order valence-corrected chi connectivity index (χ0v) is 11.7. The summed E-state index contributed by atoms with van der Waals surface area (Å²) in [6.07, 6.45) is 4.89. The van der Waals surface area contributed by atoms with E-state index in [4.69, 9.17) is 5.11 Å². The highest BCUT2D eigenvalue weighted by atomic mass is 16.4. The molecule has 0 spiro atoms. The first-order valence-corrected chi connectivity index (χ1v) is 6.67. The molecule has 0 aromatic carbocycles. The lowest BCUT2D eigenvalue weighted by atomic mass is 10.1. The van der Waals surface area contributed by atoms with Gasteiger partial charge in [-0.05, 0) is 24.5 Å².